The van der Waals surface area contributed by atoms with Crippen molar-refractivity contribution >= 4 is 40.2 Å². The highest BCUT2D eigenvalue weighted by atomic mass is 14.9. The van der Waals surface area contributed by atoms with Gasteiger partial charge in [-0.2, -0.15) is 0 Å². The second-order valence-electron chi connectivity index (χ2n) is 12.2. The summed E-state index contributed by atoms with van der Waals surface area (Å²) < 4.78 is 0. The van der Waals surface area contributed by atoms with E-state index in [2.05, 4.69) is 17.1 Å². The summed E-state index contributed by atoms with van der Waals surface area (Å²) in [4.78, 5) is 9.34. The van der Waals surface area contributed by atoms with Crippen molar-refractivity contribution < 1.29 is 0 Å². The van der Waals surface area contributed by atoms with Gasteiger partial charge in [0.25, 0.3) is 0 Å². The van der Waals surface area contributed by atoms with E-state index in [1.54, 1.807) is 48.5 Å². The summed E-state index contributed by atoms with van der Waals surface area (Å²) in [7, 11) is 0. The monoisotopic (exact) mass is 677 g/mol. The van der Waals surface area contributed by atoms with Crippen molar-refractivity contribution in [2.45, 2.75) is 61.8 Å². The van der Waals surface area contributed by atoms with E-state index in [1.165, 1.54) is 5.57 Å². The van der Waals surface area contributed by atoms with Crippen LogP contribution in [-0.2, 0) is 0 Å². The third kappa shape index (κ3) is 10.1. The summed E-state index contributed by atoms with van der Waals surface area (Å²) in [5.41, 5.74) is 13.9. The first-order valence-electron chi connectivity index (χ1n) is 17.4. The first kappa shape index (κ1) is 39.6. The molecular formula is C44H51N7. The third-order valence-corrected chi connectivity index (χ3v) is 8.34. The van der Waals surface area contributed by atoms with Gasteiger partial charge in [-0.15, -0.1) is 0 Å². The van der Waals surface area contributed by atoms with Gasteiger partial charge in [0, 0.05) is 38.9 Å². The highest BCUT2D eigenvalue weighted by molar-refractivity contribution is 6.54. The first-order chi connectivity index (χ1) is 24.4. The number of anilines is 1. The Morgan fingerprint density at radius 3 is 1.41 bits per heavy atom. The SMILES string of the molecule is CC.CC.CC1=CCC(C)(C(=N)C(=NC(=N)c2ccc(C(=N)N=C(C(=N)c3ccc(C)cc3)c3ccc(N)cc3)cc2)c2ccc(C)cc2)C=C1. The van der Waals surface area contributed by atoms with E-state index in [0.29, 0.717) is 51.5 Å². The molecule has 1 aliphatic rings. The lowest BCUT2D eigenvalue weighted by Crippen LogP contribution is -2.33. The van der Waals surface area contributed by atoms with Crippen LogP contribution in [0.1, 0.15) is 86.9 Å². The van der Waals surface area contributed by atoms with Crippen LogP contribution in [0.15, 0.2) is 131 Å². The molecule has 0 aliphatic heterocycles. The minimum atomic E-state index is -0.547. The molecule has 0 saturated heterocycles. The summed E-state index contributed by atoms with van der Waals surface area (Å²) >= 11 is 0. The van der Waals surface area contributed by atoms with Crippen LogP contribution in [0.5, 0.6) is 0 Å². The molecule has 0 heterocycles. The van der Waals surface area contributed by atoms with Crippen molar-refractivity contribution in [1.82, 2.24) is 0 Å². The second-order valence-corrected chi connectivity index (χ2v) is 12.2. The quantitative estimate of drug-likeness (QED) is 0.0705. The average Bonchev–Trinajstić information content (AvgIpc) is 3.16. The zero-order chi connectivity index (χ0) is 37.7. The fourth-order valence-electron chi connectivity index (χ4n) is 5.16. The molecule has 1 unspecified atom stereocenters. The number of nitrogens with one attached hydrogen (secondary N) is 4. The Morgan fingerprint density at radius 2 is 0.961 bits per heavy atom. The van der Waals surface area contributed by atoms with E-state index in [1.807, 2.05) is 110 Å². The normalized spacial score (nSPS) is 15.3. The van der Waals surface area contributed by atoms with Crippen molar-refractivity contribution in [3.8, 4) is 0 Å². The number of allylic oxidation sites excluding steroid dienone is 4. The zero-order valence-electron chi connectivity index (χ0n) is 31.1. The van der Waals surface area contributed by atoms with Gasteiger partial charge < -0.3 is 11.1 Å². The van der Waals surface area contributed by atoms with Gasteiger partial charge in [-0.05, 0) is 39.3 Å². The van der Waals surface area contributed by atoms with Gasteiger partial charge in [0.1, 0.15) is 0 Å². The van der Waals surface area contributed by atoms with Crippen molar-refractivity contribution in [3.05, 3.63) is 160 Å². The van der Waals surface area contributed by atoms with Gasteiger partial charge in [0.05, 0.1) is 22.8 Å². The Bertz CT molecular complexity index is 1970. The molecule has 0 fully saturated rings. The number of hydrogen-bond acceptors (Lipinski definition) is 5. The minimum Gasteiger partial charge on any atom is -0.399 e. The van der Waals surface area contributed by atoms with Gasteiger partial charge in [-0.1, -0.05) is 154 Å². The molecule has 0 amide bonds. The molecule has 51 heavy (non-hydrogen) atoms. The zero-order valence-corrected chi connectivity index (χ0v) is 31.1. The van der Waals surface area contributed by atoms with Crippen molar-refractivity contribution in [3.63, 3.8) is 0 Å². The Labute approximate surface area is 303 Å². The van der Waals surface area contributed by atoms with Crippen LogP contribution in [-0.4, -0.2) is 34.5 Å². The number of aliphatic imine (C=N–C) groups is 2. The number of nitrogen functional groups attached to an aromatic ring is 1. The smallest absolute Gasteiger partial charge is 0.152 e. The molecule has 6 N–H and O–H groups in total. The number of aryl methyl sites for hydroxylation is 2. The van der Waals surface area contributed by atoms with Gasteiger partial charge in [0.2, 0.25) is 0 Å². The molecule has 1 aliphatic carbocycles. The molecule has 0 radical (unpaired) electrons. The maximum Gasteiger partial charge on any atom is 0.152 e. The number of amidine groups is 2. The van der Waals surface area contributed by atoms with Crippen LogP contribution in [0.2, 0.25) is 0 Å². The molecule has 262 valence electrons. The predicted octanol–water partition coefficient (Wildman–Crippen LogP) is 10.6. The summed E-state index contributed by atoms with van der Waals surface area (Å²) in [5, 5.41) is 35.9. The standard InChI is InChI=1S/C40H39N7.2C2H6/c1-25-5-9-28(10-6-25)34(42)35(29-17-19-33(41)20-18-29)46-38(44)31-13-15-32(16-14-31)39(45)47-36(30-11-7-26(2)8-12-30)37(43)40(4)23-21-27(3)22-24-40;2*1-2/h5-23,42-45H,24,41H2,1-4H3;2*1-2H3. The van der Waals surface area contributed by atoms with Crippen LogP contribution in [0.25, 0.3) is 0 Å². The molecule has 4 aromatic rings. The highest BCUT2D eigenvalue weighted by Gasteiger charge is 2.31. The molecule has 0 bridgehead atoms. The molecule has 0 saturated carbocycles. The van der Waals surface area contributed by atoms with Crippen LogP contribution in [0, 0.1) is 40.9 Å². The van der Waals surface area contributed by atoms with Gasteiger partial charge in [-0.3, -0.25) is 16.2 Å². The summed E-state index contributed by atoms with van der Waals surface area (Å²) in [6, 6.07) is 29.6. The Hall–Kier alpha value is -5.82. The van der Waals surface area contributed by atoms with Gasteiger partial charge in [-0.25, -0.2) is 9.98 Å². The van der Waals surface area contributed by atoms with Crippen LogP contribution in [0.4, 0.5) is 5.69 Å². The number of nitrogens with two attached hydrogens (primary N) is 1. The van der Waals surface area contributed by atoms with Crippen LogP contribution < -0.4 is 5.73 Å². The van der Waals surface area contributed by atoms with Gasteiger partial charge in [0.15, 0.2) is 11.7 Å². The number of benzene rings is 4. The maximum absolute atomic E-state index is 9.22. The lowest BCUT2D eigenvalue weighted by molar-refractivity contribution is 0.600. The molecule has 7 heteroatoms. The summed E-state index contributed by atoms with van der Waals surface area (Å²) in [6.45, 7) is 16.1. The summed E-state index contributed by atoms with van der Waals surface area (Å²) in [6.07, 6.45) is 6.90. The molecule has 4 aromatic carbocycles. The summed E-state index contributed by atoms with van der Waals surface area (Å²) in [5.74, 6) is 0.00322. The third-order valence-electron chi connectivity index (χ3n) is 8.34. The largest absolute Gasteiger partial charge is 0.399 e. The van der Waals surface area contributed by atoms with Crippen LogP contribution in [0.3, 0.4) is 0 Å². The molecule has 7 nitrogen and oxygen atoms in total. The molecule has 0 spiro atoms. The van der Waals surface area contributed by atoms with Crippen molar-refractivity contribution in [2.75, 3.05) is 5.73 Å². The second kappa shape index (κ2) is 18.3. The van der Waals surface area contributed by atoms with E-state index in [-0.39, 0.29) is 17.4 Å². The Kier molecular flexibility index (Phi) is 14.2. The highest BCUT2D eigenvalue weighted by Crippen LogP contribution is 2.32. The maximum atomic E-state index is 9.22. The first-order valence-corrected chi connectivity index (χ1v) is 17.4. The molecule has 5 rings (SSSR count). The molecule has 1 atom stereocenters. The van der Waals surface area contributed by atoms with E-state index in [9.17, 15) is 5.41 Å². The van der Waals surface area contributed by atoms with E-state index >= 15 is 0 Å². The average molecular weight is 678 g/mol. The lowest BCUT2D eigenvalue weighted by atomic mass is 9.75. The minimum absolute atomic E-state index is 0.0160. The Morgan fingerprint density at radius 1 is 0.569 bits per heavy atom. The Balaban J connectivity index is 0.00000169. The van der Waals surface area contributed by atoms with E-state index in [0.717, 1.165) is 16.7 Å². The predicted molar refractivity (Wildman–Crippen MR) is 219 cm³/mol. The number of hydrogen-bond donors (Lipinski definition) is 5. The van der Waals surface area contributed by atoms with Crippen LogP contribution >= 0.6 is 0 Å². The number of nitrogens with zero attached hydrogens (tertiary/aromatic N) is 2. The fourth-order valence-corrected chi connectivity index (χ4v) is 5.16. The fraction of sp³-hybridized carbons (Fsp3) is 0.227. The van der Waals surface area contributed by atoms with E-state index in [4.69, 9.17) is 27.0 Å². The number of rotatable bonds is 8. The van der Waals surface area contributed by atoms with E-state index < -0.39 is 5.41 Å². The topological polar surface area (TPSA) is 146 Å². The van der Waals surface area contributed by atoms with Crippen molar-refractivity contribution in [2.24, 2.45) is 15.4 Å². The van der Waals surface area contributed by atoms with Crippen molar-refractivity contribution in [1.29, 1.82) is 21.6 Å². The molecule has 0 aromatic heterocycles. The van der Waals surface area contributed by atoms with Gasteiger partial charge >= 0.3 is 0 Å². The lowest BCUT2D eigenvalue weighted by Gasteiger charge is -2.29. The molecular weight excluding hydrogens is 627 g/mol.